The van der Waals surface area contributed by atoms with Crippen molar-refractivity contribution in [3.63, 3.8) is 0 Å². The van der Waals surface area contributed by atoms with Crippen LogP contribution >= 0.6 is 0 Å². The molecule has 0 bridgehead atoms. The van der Waals surface area contributed by atoms with E-state index in [9.17, 15) is 4.79 Å². The SMILES string of the molecule is CC(C)[C@H]1CCC(=O)O1. The standard InChI is InChI=1S/C7H12O2/c1-5(2)6-3-4-7(8)9-6/h5-6H,3-4H2,1-2H3/t6-/m1/s1. The summed E-state index contributed by atoms with van der Waals surface area (Å²) in [5.41, 5.74) is 0. The molecule has 0 spiro atoms. The van der Waals surface area contributed by atoms with Crippen molar-refractivity contribution in [2.45, 2.75) is 32.8 Å². The third kappa shape index (κ3) is 1.44. The van der Waals surface area contributed by atoms with Crippen LogP contribution in [0.5, 0.6) is 0 Å². The molecular weight excluding hydrogens is 116 g/mol. The number of rotatable bonds is 1. The summed E-state index contributed by atoms with van der Waals surface area (Å²) in [6.45, 7) is 4.15. The molecule has 1 aliphatic heterocycles. The van der Waals surface area contributed by atoms with E-state index in [4.69, 9.17) is 4.74 Å². The summed E-state index contributed by atoms with van der Waals surface area (Å²) in [5.74, 6) is 0.449. The lowest BCUT2D eigenvalue weighted by Gasteiger charge is -2.11. The van der Waals surface area contributed by atoms with Crippen molar-refractivity contribution in [1.29, 1.82) is 0 Å². The van der Waals surface area contributed by atoms with Gasteiger partial charge in [-0.25, -0.2) is 0 Å². The van der Waals surface area contributed by atoms with Gasteiger partial charge in [0.25, 0.3) is 0 Å². The maximum atomic E-state index is 10.5. The fourth-order valence-corrected chi connectivity index (χ4v) is 1.02. The first-order valence-corrected chi connectivity index (χ1v) is 3.39. The summed E-state index contributed by atoms with van der Waals surface area (Å²) in [6.07, 6.45) is 1.72. The van der Waals surface area contributed by atoms with Crippen molar-refractivity contribution < 1.29 is 9.53 Å². The second kappa shape index (κ2) is 2.38. The van der Waals surface area contributed by atoms with Crippen LogP contribution < -0.4 is 0 Å². The highest BCUT2D eigenvalue weighted by Crippen LogP contribution is 2.20. The van der Waals surface area contributed by atoms with E-state index < -0.39 is 0 Å². The van der Waals surface area contributed by atoms with Gasteiger partial charge in [-0.05, 0) is 12.3 Å². The van der Waals surface area contributed by atoms with Gasteiger partial charge in [-0.1, -0.05) is 13.8 Å². The maximum absolute atomic E-state index is 10.5. The molecule has 0 saturated carbocycles. The van der Waals surface area contributed by atoms with Gasteiger partial charge in [-0.3, -0.25) is 4.79 Å². The Morgan fingerprint density at radius 2 is 2.33 bits per heavy atom. The lowest BCUT2D eigenvalue weighted by molar-refractivity contribution is -0.142. The molecule has 0 unspecified atom stereocenters. The van der Waals surface area contributed by atoms with Gasteiger partial charge in [0.15, 0.2) is 0 Å². The molecule has 52 valence electrons. The molecule has 0 amide bonds. The van der Waals surface area contributed by atoms with Crippen LogP contribution in [-0.4, -0.2) is 12.1 Å². The van der Waals surface area contributed by atoms with Crippen molar-refractivity contribution in [3.8, 4) is 0 Å². The summed E-state index contributed by atoms with van der Waals surface area (Å²) in [4.78, 5) is 10.5. The van der Waals surface area contributed by atoms with Gasteiger partial charge in [0.05, 0.1) is 0 Å². The van der Waals surface area contributed by atoms with Crippen LogP contribution in [0.1, 0.15) is 26.7 Å². The molecular formula is C7H12O2. The first kappa shape index (κ1) is 6.59. The van der Waals surface area contributed by atoms with E-state index in [0.29, 0.717) is 12.3 Å². The molecule has 1 atom stereocenters. The van der Waals surface area contributed by atoms with E-state index in [1.807, 2.05) is 0 Å². The van der Waals surface area contributed by atoms with Gasteiger partial charge in [-0.2, -0.15) is 0 Å². The Kier molecular flexibility index (Phi) is 1.74. The van der Waals surface area contributed by atoms with Crippen LogP contribution in [0, 0.1) is 5.92 Å². The molecule has 0 aliphatic carbocycles. The normalized spacial score (nSPS) is 27.0. The molecule has 1 saturated heterocycles. The zero-order valence-corrected chi connectivity index (χ0v) is 5.89. The summed E-state index contributed by atoms with van der Waals surface area (Å²) in [7, 11) is 0. The van der Waals surface area contributed by atoms with E-state index in [2.05, 4.69) is 13.8 Å². The van der Waals surface area contributed by atoms with Gasteiger partial charge in [0.1, 0.15) is 6.10 Å². The average molecular weight is 128 g/mol. The van der Waals surface area contributed by atoms with Gasteiger partial charge in [-0.15, -0.1) is 0 Å². The smallest absolute Gasteiger partial charge is 0.306 e. The number of esters is 1. The first-order chi connectivity index (χ1) is 4.20. The van der Waals surface area contributed by atoms with Crippen molar-refractivity contribution in [2.75, 3.05) is 0 Å². The predicted octanol–water partition coefficient (Wildman–Crippen LogP) is 1.35. The largest absolute Gasteiger partial charge is 0.462 e. The summed E-state index contributed by atoms with van der Waals surface area (Å²) in [5, 5.41) is 0. The minimum atomic E-state index is -0.0336. The highest BCUT2D eigenvalue weighted by atomic mass is 16.5. The number of hydrogen-bond donors (Lipinski definition) is 0. The Labute approximate surface area is 55.2 Å². The molecule has 0 radical (unpaired) electrons. The van der Waals surface area contributed by atoms with Crippen LogP contribution in [0.25, 0.3) is 0 Å². The summed E-state index contributed by atoms with van der Waals surface area (Å²) < 4.78 is 4.98. The molecule has 1 fully saturated rings. The van der Waals surface area contributed by atoms with E-state index in [1.165, 1.54) is 0 Å². The number of carbonyl (C=O) groups is 1. The van der Waals surface area contributed by atoms with Gasteiger partial charge < -0.3 is 4.74 Å². The quantitative estimate of drug-likeness (QED) is 0.498. The molecule has 2 heteroatoms. The molecule has 9 heavy (non-hydrogen) atoms. The van der Waals surface area contributed by atoms with Crippen molar-refractivity contribution >= 4 is 5.97 Å². The zero-order valence-electron chi connectivity index (χ0n) is 5.89. The molecule has 0 aromatic heterocycles. The lowest BCUT2D eigenvalue weighted by atomic mass is 10.1. The van der Waals surface area contributed by atoms with Crippen molar-refractivity contribution in [3.05, 3.63) is 0 Å². The van der Waals surface area contributed by atoms with Crippen LogP contribution in [0.15, 0.2) is 0 Å². The number of hydrogen-bond acceptors (Lipinski definition) is 2. The fraction of sp³-hybridized carbons (Fsp3) is 0.857. The Morgan fingerprint density at radius 3 is 2.56 bits per heavy atom. The Hall–Kier alpha value is -0.530. The monoisotopic (exact) mass is 128 g/mol. The van der Waals surface area contributed by atoms with Crippen molar-refractivity contribution in [2.24, 2.45) is 5.92 Å². The van der Waals surface area contributed by atoms with Gasteiger partial charge in [0, 0.05) is 6.42 Å². The fourth-order valence-electron chi connectivity index (χ4n) is 1.02. The topological polar surface area (TPSA) is 26.3 Å². The number of carbonyl (C=O) groups excluding carboxylic acids is 1. The summed E-state index contributed by atoms with van der Waals surface area (Å²) in [6, 6.07) is 0. The third-order valence-corrected chi connectivity index (χ3v) is 1.66. The van der Waals surface area contributed by atoms with E-state index >= 15 is 0 Å². The molecule has 1 heterocycles. The van der Waals surface area contributed by atoms with Gasteiger partial charge >= 0.3 is 5.97 Å². The highest BCUT2D eigenvalue weighted by Gasteiger charge is 2.25. The van der Waals surface area contributed by atoms with E-state index in [1.54, 1.807) is 0 Å². The Bertz CT molecular complexity index is 118. The molecule has 0 N–H and O–H groups in total. The van der Waals surface area contributed by atoms with Crippen LogP contribution in [0.3, 0.4) is 0 Å². The average Bonchev–Trinajstić information content (AvgIpc) is 2.14. The second-order valence-electron chi connectivity index (χ2n) is 2.81. The summed E-state index contributed by atoms with van der Waals surface area (Å²) >= 11 is 0. The van der Waals surface area contributed by atoms with Crippen LogP contribution in [0.2, 0.25) is 0 Å². The van der Waals surface area contributed by atoms with E-state index in [-0.39, 0.29) is 12.1 Å². The third-order valence-electron chi connectivity index (χ3n) is 1.66. The van der Waals surface area contributed by atoms with Crippen LogP contribution in [0.4, 0.5) is 0 Å². The molecule has 0 aromatic rings. The lowest BCUT2D eigenvalue weighted by Crippen LogP contribution is -2.13. The van der Waals surface area contributed by atoms with E-state index in [0.717, 1.165) is 6.42 Å². The zero-order chi connectivity index (χ0) is 6.85. The predicted molar refractivity (Wildman–Crippen MR) is 34.0 cm³/mol. The van der Waals surface area contributed by atoms with Gasteiger partial charge in [0.2, 0.25) is 0 Å². The Morgan fingerprint density at radius 1 is 1.67 bits per heavy atom. The highest BCUT2D eigenvalue weighted by molar-refractivity contribution is 5.71. The molecule has 0 aromatic carbocycles. The second-order valence-corrected chi connectivity index (χ2v) is 2.81. The number of cyclic esters (lactones) is 1. The molecule has 2 nitrogen and oxygen atoms in total. The van der Waals surface area contributed by atoms with Crippen molar-refractivity contribution in [1.82, 2.24) is 0 Å². The molecule has 1 rings (SSSR count). The first-order valence-electron chi connectivity index (χ1n) is 3.39. The maximum Gasteiger partial charge on any atom is 0.306 e. The molecule has 1 aliphatic rings. The minimum Gasteiger partial charge on any atom is -0.462 e. The van der Waals surface area contributed by atoms with Crippen LogP contribution in [-0.2, 0) is 9.53 Å². The Balaban J connectivity index is 2.39. The minimum absolute atomic E-state index is 0.0336. The number of ether oxygens (including phenoxy) is 1.